The second-order valence-corrected chi connectivity index (χ2v) is 5.08. The Balaban J connectivity index is 1.87. The quantitative estimate of drug-likeness (QED) is 0.812. The highest BCUT2D eigenvalue weighted by molar-refractivity contribution is 5.94. The van der Waals surface area contributed by atoms with Gasteiger partial charge in [0.05, 0.1) is 6.04 Å². The van der Waals surface area contributed by atoms with E-state index in [2.05, 4.69) is 0 Å². The summed E-state index contributed by atoms with van der Waals surface area (Å²) in [5.74, 6) is -0.456. The average molecular weight is 269 g/mol. The Morgan fingerprint density at radius 3 is 2.65 bits per heavy atom. The summed E-state index contributed by atoms with van der Waals surface area (Å²) in [6, 6.07) is 16.0. The van der Waals surface area contributed by atoms with E-state index in [9.17, 15) is 9.18 Å². The molecule has 0 N–H and O–H groups in total. The summed E-state index contributed by atoms with van der Waals surface area (Å²) >= 11 is 0. The highest BCUT2D eigenvalue weighted by atomic mass is 19.1. The summed E-state index contributed by atoms with van der Waals surface area (Å²) < 4.78 is 13.3. The van der Waals surface area contributed by atoms with Crippen molar-refractivity contribution in [3.63, 3.8) is 0 Å². The van der Waals surface area contributed by atoms with E-state index in [-0.39, 0.29) is 17.8 Å². The minimum atomic E-state index is -0.369. The molecule has 0 aliphatic carbocycles. The number of likely N-dealkylation sites (tertiary alicyclic amines) is 1. The Hall–Kier alpha value is -2.16. The molecule has 102 valence electrons. The first-order valence-corrected chi connectivity index (χ1v) is 6.87. The number of halogens is 1. The van der Waals surface area contributed by atoms with Crippen molar-refractivity contribution in [2.24, 2.45) is 0 Å². The third-order valence-electron chi connectivity index (χ3n) is 3.77. The molecule has 1 unspecified atom stereocenters. The first kappa shape index (κ1) is 12.9. The Bertz CT molecular complexity index is 611. The highest BCUT2D eigenvalue weighted by Gasteiger charge is 2.30. The van der Waals surface area contributed by atoms with Crippen molar-refractivity contribution >= 4 is 5.91 Å². The van der Waals surface area contributed by atoms with Gasteiger partial charge >= 0.3 is 0 Å². The molecule has 0 aromatic heterocycles. The topological polar surface area (TPSA) is 20.3 Å². The van der Waals surface area contributed by atoms with Crippen LogP contribution < -0.4 is 0 Å². The zero-order chi connectivity index (χ0) is 13.9. The van der Waals surface area contributed by atoms with Gasteiger partial charge in [-0.2, -0.15) is 0 Å². The molecule has 1 amide bonds. The van der Waals surface area contributed by atoms with E-state index < -0.39 is 0 Å². The van der Waals surface area contributed by atoms with Gasteiger partial charge in [0.1, 0.15) is 5.82 Å². The molecule has 1 aliphatic heterocycles. The molecular formula is C17H16FNO. The fraction of sp³-hybridized carbons (Fsp3) is 0.235. The van der Waals surface area contributed by atoms with E-state index in [1.807, 2.05) is 35.2 Å². The zero-order valence-corrected chi connectivity index (χ0v) is 11.1. The monoisotopic (exact) mass is 269 g/mol. The SMILES string of the molecule is O=C(c1cccc(F)c1)N1CCCC1c1ccccc1. The van der Waals surface area contributed by atoms with Crippen molar-refractivity contribution in [2.75, 3.05) is 6.54 Å². The van der Waals surface area contributed by atoms with Crippen molar-refractivity contribution in [1.82, 2.24) is 4.90 Å². The molecule has 20 heavy (non-hydrogen) atoms. The minimum absolute atomic E-state index is 0.0872. The Labute approximate surface area is 117 Å². The lowest BCUT2D eigenvalue weighted by molar-refractivity contribution is 0.0735. The number of hydrogen-bond acceptors (Lipinski definition) is 1. The van der Waals surface area contributed by atoms with Crippen LogP contribution in [0.15, 0.2) is 54.6 Å². The van der Waals surface area contributed by atoms with Crippen LogP contribution in [0.4, 0.5) is 4.39 Å². The molecule has 3 rings (SSSR count). The van der Waals surface area contributed by atoms with E-state index in [0.717, 1.165) is 24.9 Å². The van der Waals surface area contributed by atoms with E-state index >= 15 is 0 Å². The number of carbonyl (C=O) groups excluding carboxylic acids is 1. The van der Waals surface area contributed by atoms with Crippen LogP contribution in [0.25, 0.3) is 0 Å². The van der Waals surface area contributed by atoms with E-state index in [1.165, 1.54) is 12.1 Å². The van der Waals surface area contributed by atoms with Gasteiger partial charge in [-0.15, -0.1) is 0 Å². The van der Waals surface area contributed by atoms with Gasteiger partial charge in [0.15, 0.2) is 0 Å². The Morgan fingerprint density at radius 1 is 1.10 bits per heavy atom. The van der Waals surface area contributed by atoms with Crippen molar-refractivity contribution in [1.29, 1.82) is 0 Å². The predicted molar refractivity (Wildman–Crippen MR) is 75.9 cm³/mol. The third kappa shape index (κ3) is 2.44. The van der Waals surface area contributed by atoms with Gasteiger partial charge in [0.25, 0.3) is 5.91 Å². The van der Waals surface area contributed by atoms with Gasteiger partial charge in [-0.05, 0) is 36.6 Å². The number of amides is 1. The molecule has 1 aliphatic rings. The van der Waals surface area contributed by atoms with Gasteiger partial charge in [0, 0.05) is 12.1 Å². The molecule has 1 atom stereocenters. The van der Waals surface area contributed by atoms with Gasteiger partial charge in [-0.25, -0.2) is 4.39 Å². The van der Waals surface area contributed by atoms with Crippen LogP contribution in [0.5, 0.6) is 0 Å². The van der Waals surface area contributed by atoms with Crippen LogP contribution >= 0.6 is 0 Å². The largest absolute Gasteiger partial charge is 0.332 e. The molecule has 2 nitrogen and oxygen atoms in total. The highest BCUT2D eigenvalue weighted by Crippen LogP contribution is 2.32. The maximum absolute atomic E-state index is 13.3. The maximum Gasteiger partial charge on any atom is 0.254 e. The lowest BCUT2D eigenvalue weighted by Crippen LogP contribution is -2.30. The second-order valence-electron chi connectivity index (χ2n) is 5.08. The van der Waals surface area contributed by atoms with Crippen molar-refractivity contribution in [3.8, 4) is 0 Å². The summed E-state index contributed by atoms with van der Waals surface area (Å²) in [7, 11) is 0. The molecule has 1 saturated heterocycles. The van der Waals surface area contributed by atoms with Crippen LogP contribution in [0.3, 0.4) is 0 Å². The number of hydrogen-bond donors (Lipinski definition) is 0. The minimum Gasteiger partial charge on any atom is -0.332 e. The number of carbonyl (C=O) groups is 1. The van der Waals surface area contributed by atoms with Crippen LogP contribution in [0.2, 0.25) is 0 Å². The van der Waals surface area contributed by atoms with E-state index in [0.29, 0.717) is 5.56 Å². The first-order chi connectivity index (χ1) is 9.75. The normalized spacial score (nSPS) is 18.2. The smallest absolute Gasteiger partial charge is 0.254 e. The molecule has 0 bridgehead atoms. The van der Waals surface area contributed by atoms with Gasteiger partial charge in [-0.3, -0.25) is 4.79 Å². The lowest BCUT2D eigenvalue weighted by Gasteiger charge is -2.25. The predicted octanol–water partition coefficient (Wildman–Crippen LogP) is 3.80. The third-order valence-corrected chi connectivity index (χ3v) is 3.77. The number of nitrogens with zero attached hydrogens (tertiary/aromatic N) is 1. The standard InChI is InChI=1S/C17H16FNO/c18-15-9-4-8-14(12-15)17(20)19-11-5-10-16(19)13-6-2-1-3-7-13/h1-4,6-9,12,16H,5,10-11H2. The second kappa shape index (κ2) is 5.45. The summed E-state index contributed by atoms with van der Waals surface area (Å²) in [4.78, 5) is 14.4. The van der Waals surface area contributed by atoms with Crippen LogP contribution in [0.1, 0.15) is 34.8 Å². The zero-order valence-electron chi connectivity index (χ0n) is 11.1. The Kier molecular flexibility index (Phi) is 3.50. The molecule has 0 saturated carbocycles. The van der Waals surface area contributed by atoms with Crippen molar-refractivity contribution < 1.29 is 9.18 Å². The fourth-order valence-corrected chi connectivity index (χ4v) is 2.82. The molecule has 1 heterocycles. The van der Waals surface area contributed by atoms with Crippen LogP contribution in [-0.2, 0) is 0 Å². The summed E-state index contributed by atoms with van der Waals surface area (Å²) in [5, 5.41) is 0. The molecule has 1 fully saturated rings. The fourth-order valence-electron chi connectivity index (χ4n) is 2.82. The van der Waals surface area contributed by atoms with Gasteiger partial charge in [0.2, 0.25) is 0 Å². The molecular weight excluding hydrogens is 253 g/mol. The van der Waals surface area contributed by atoms with E-state index in [4.69, 9.17) is 0 Å². The average Bonchev–Trinajstić information content (AvgIpc) is 2.97. The molecule has 0 spiro atoms. The summed E-state index contributed by atoms with van der Waals surface area (Å²) in [5.41, 5.74) is 1.57. The molecule has 3 heteroatoms. The van der Waals surface area contributed by atoms with Crippen LogP contribution in [0, 0.1) is 5.82 Å². The summed E-state index contributed by atoms with van der Waals surface area (Å²) in [6.07, 6.45) is 1.95. The molecule has 2 aromatic carbocycles. The maximum atomic E-state index is 13.3. The van der Waals surface area contributed by atoms with Crippen molar-refractivity contribution in [2.45, 2.75) is 18.9 Å². The lowest BCUT2D eigenvalue weighted by atomic mass is 10.0. The summed E-state index contributed by atoms with van der Waals surface area (Å²) in [6.45, 7) is 0.731. The molecule has 0 radical (unpaired) electrons. The molecule has 2 aromatic rings. The van der Waals surface area contributed by atoms with Gasteiger partial charge < -0.3 is 4.90 Å². The first-order valence-electron chi connectivity index (χ1n) is 6.87. The van der Waals surface area contributed by atoms with E-state index in [1.54, 1.807) is 12.1 Å². The van der Waals surface area contributed by atoms with Crippen molar-refractivity contribution in [3.05, 3.63) is 71.5 Å². The number of benzene rings is 2. The van der Waals surface area contributed by atoms with Crippen LogP contribution in [-0.4, -0.2) is 17.4 Å². The Morgan fingerprint density at radius 2 is 1.90 bits per heavy atom. The van der Waals surface area contributed by atoms with Gasteiger partial charge in [-0.1, -0.05) is 36.4 Å². The number of rotatable bonds is 2.